The van der Waals surface area contributed by atoms with E-state index >= 15 is 0 Å². The second-order valence-electron chi connectivity index (χ2n) is 3.61. The average molecular weight is 210 g/mol. The molecule has 0 fully saturated rings. The first-order valence-corrected chi connectivity index (χ1v) is 4.27. The number of halogens is 3. The third kappa shape index (κ3) is 1.58. The molecule has 0 radical (unpaired) electrons. The average Bonchev–Trinajstić information content (AvgIpc) is 1.99. The summed E-state index contributed by atoms with van der Waals surface area (Å²) in [5, 5.41) is 0. The van der Waals surface area contributed by atoms with E-state index in [0.717, 1.165) is 6.92 Å². The summed E-state index contributed by atoms with van der Waals surface area (Å²) in [6.07, 6.45) is -5.12. The largest absolute Gasteiger partial charge is 0.424 e. The van der Waals surface area contributed by atoms with Gasteiger partial charge in [0.1, 0.15) is 5.84 Å². The van der Waals surface area contributed by atoms with Crippen molar-refractivity contribution in [3.05, 3.63) is 0 Å². The van der Waals surface area contributed by atoms with Crippen LogP contribution in [0.4, 0.5) is 13.2 Å². The summed E-state index contributed by atoms with van der Waals surface area (Å²) >= 11 is 0. The summed E-state index contributed by atoms with van der Waals surface area (Å²) in [6.45, 7) is 4.10. The Morgan fingerprint density at radius 1 is 1.43 bits per heavy atom. The number of nitrogens with two attached hydrogens (primary N) is 1. The van der Waals surface area contributed by atoms with Gasteiger partial charge in [-0.05, 0) is 20.8 Å². The highest BCUT2D eigenvalue weighted by molar-refractivity contribution is 5.90. The normalized spacial score (nSPS) is 39.4. The Balaban J connectivity index is 3.07. The number of nitrogens with zero attached hydrogens (tertiary/aromatic N) is 1. The first kappa shape index (κ1) is 11.3. The monoisotopic (exact) mass is 210 g/mol. The maximum atomic E-state index is 12.6. The Morgan fingerprint density at radius 3 is 2.36 bits per heavy atom. The minimum absolute atomic E-state index is 0.342. The molecule has 1 aliphatic heterocycles. The molecule has 0 aromatic rings. The molecule has 0 saturated heterocycles. The molecule has 3 atom stereocenters. The SMILES string of the molecule is CC1N=C(N)C(C)(C(F)(F)F)OC1C. The minimum atomic E-state index is -4.53. The maximum Gasteiger partial charge on any atom is 0.424 e. The highest BCUT2D eigenvalue weighted by Crippen LogP contribution is 2.37. The number of hydrogen-bond acceptors (Lipinski definition) is 3. The predicted octanol–water partition coefficient (Wildman–Crippen LogP) is 1.47. The molecule has 1 aliphatic rings. The number of aliphatic imine (C=N–C) groups is 1. The Kier molecular flexibility index (Phi) is 2.51. The van der Waals surface area contributed by atoms with Gasteiger partial charge in [-0.15, -0.1) is 0 Å². The van der Waals surface area contributed by atoms with Gasteiger partial charge in [-0.3, -0.25) is 4.99 Å². The molecule has 0 aromatic carbocycles. The van der Waals surface area contributed by atoms with Crippen molar-refractivity contribution in [1.82, 2.24) is 0 Å². The van der Waals surface area contributed by atoms with Gasteiger partial charge < -0.3 is 10.5 Å². The summed E-state index contributed by atoms with van der Waals surface area (Å²) in [7, 11) is 0. The Labute approximate surface area is 80.1 Å². The van der Waals surface area contributed by atoms with Crippen LogP contribution in [-0.2, 0) is 4.74 Å². The summed E-state index contributed by atoms with van der Waals surface area (Å²) in [5.41, 5.74) is 2.81. The van der Waals surface area contributed by atoms with Gasteiger partial charge in [-0.1, -0.05) is 0 Å². The van der Waals surface area contributed by atoms with Crippen LogP contribution in [0.2, 0.25) is 0 Å². The fraction of sp³-hybridized carbons (Fsp3) is 0.875. The zero-order chi connectivity index (χ0) is 11.1. The third-order valence-corrected chi connectivity index (χ3v) is 2.47. The first-order chi connectivity index (χ1) is 6.18. The van der Waals surface area contributed by atoms with Crippen molar-refractivity contribution in [3.63, 3.8) is 0 Å². The molecular formula is C8H13F3N2O. The number of alkyl halides is 3. The van der Waals surface area contributed by atoms with Crippen molar-refractivity contribution >= 4 is 5.84 Å². The number of rotatable bonds is 0. The number of ether oxygens (including phenoxy) is 1. The van der Waals surface area contributed by atoms with Crippen molar-refractivity contribution in [2.45, 2.75) is 44.7 Å². The van der Waals surface area contributed by atoms with Gasteiger partial charge in [-0.2, -0.15) is 13.2 Å². The zero-order valence-corrected chi connectivity index (χ0v) is 8.22. The smallest absolute Gasteiger partial charge is 0.385 e. The second-order valence-corrected chi connectivity index (χ2v) is 3.61. The Morgan fingerprint density at radius 2 is 1.93 bits per heavy atom. The lowest BCUT2D eigenvalue weighted by atomic mass is 10.0. The van der Waals surface area contributed by atoms with E-state index in [1.165, 1.54) is 0 Å². The number of amidine groups is 1. The van der Waals surface area contributed by atoms with Crippen molar-refractivity contribution in [2.24, 2.45) is 10.7 Å². The summed E-state index contributed by atoms with van der Waals surface area (Å²) in [5.74, 6) is -0.504. The zero-order valence-electron chi connectivity index (χ0n) is 8.22. The number of hydrogen-bond donors (Lipinski definition) is 1. The lowest BCUT2D eigenvalue weighted by molar-refractivity contribution is -0.258. The van der Waals surface area contributed by atoms with Crippen LogP contribution in [0.5, 0.6) is 0 Å². The van der Waals surface area contributed by atoms with Crippen LogP contribution >= 0.6 is 0 Å². The van der Waals surface area contributed by atoms with Gasteiger partial charge in [-0.25, -0.2) is 0 Å². The molecule has 0 saturated carbocycles. The van der Waals surface area contributed by atoms with Gasteiger partial charge in [0.2, 0.25) is 5.60 Å². The second kappa shape index (κ2) is 3.12. The van der Waals surface area contributed by atoms with Gasteiger partial charge >= 0.3 is 6.18 Å². The van der Waals surface area contributed by atoms with Gasteiger partial charge in [0, 0.05) is 0 Å². The molecule has 82 valence electrons. The molecule has 0 aliphatic carbocycles. The van der Waals surface area contributed by atoms with E-state index in [2.05, 4.69) is 4.99 Å². The maximum absolute atomic E-state index is 12.6. The molecule has 0 spiro atoms. The fourth-order valence-electron chi connectivity index (χ4n) is 1.19. The van der Waals surface area contributed by atoms with Crippen LogP contribution in [0, 0.1) is 0 Å². The van der Waals surface area contributed by atoms with Crippen molar-refractivity contribution < 1.29 is 17.9 Å². The predicted molar refractivity (Wildman–Crippen MR) is 46.1 cm³/mol. The van der Waals surface area contributed by atoms with E-state index in [9.17, 15) is 13.2 Å². The van der Waals surface area contributed by atoms with E-state index in [4.69, 9.17) is 10.5 Å². The summed E-state index contributed by atoms with van der Waals surface area (Å²) < 4.78 is 42.7. The van der Waals surface area contributed by atoms with E-state index in [-0.39, 0.29) is 6.04 Å². The molecule has 3 unspecified atom stereocenters. The first-order valence-electron chi connectivity index (χ1n) is 4.27. The molecule has 6 heteroatoms. The van der Waals surface area contributed by atoms with Crippen molar-refractivity contribution in [3.8, 4) is 0 Å². The van der Waals surface area contributed by atoms with Gasteiger partial charge in [0.15, 0.2) is 0 Å². The third-order valence-electron chi connectivity index (χ3n) is 2.47. The molecule has 0 bridgehead atoms. The quantitative estimate of drug-likeness (QED) is 0.658. The molecule has 0 aromatic heterocycles. The lowest BCUT2D eigenvalue weighted by Gasteiger charge is -2.39. The fourth-order valence-corrected chi connectivity index (χ4v) is 1.19. The molecule has 0 amide bonds. The standard InChI is InChI=1S/C8H13F3N2O/c1-4-5(2)14-7(3,6(12)13-4)8(9,10)11/h4-5H,1-3H3,(H2,12,13). The Bertz CT molecular complexity index is 264. The molecule has 2 N–H and O–H groups in total. The molecule has 3 nitrogen and oxygen atoms in total. The molecule has 14 heavy (non-hydrogen) atoms. The summed E-state index contributed by atoms with van der Waals surface area (Å²) in [6, 6.07) is -0.342. The van der Waals surface area contributed by atoms with Gasteiger partial charge in [0.25, 0.3) is 0 Å². The van der Waals surface area contributed by atoms with Crippen LogP contribution in [0.1, 0.15) is 20.8 Å². The highest BCUT2D eigenvalue weighted by atomic mass is 19.4. The molecular weight excluding hydrogens is 197 g/mol. The van der Waals surface area contributed by atoms with Crippen LogP contribution < -0.4 is 5.73 Å². The van der Waals surface area contributed by atoms with E-state index in [0.29, 0.717) is 0 Å². The molecule has 1 rings (SSSR count). The topological polar surface area (TPSA) is 47.6 Å². The van der Waals surface area contributed by atoms with Crippen LogP contribution in [-0.4, -0.2) is 29.8 Å². The van der Waals surface area contributed by atoms with Crippen LogP contribution in [0.15, 0.2) is 4.99 Å². The van der Waals surface area contributed by atoms with Crippen molar-refractivity contribution in [2.75, 3.05) is 0 Å². The van der Waals surface area contributed by atoms with Crippen LogP contribution in [0.25, 0.3) is 0 Å². The molecule has 1 heterocycles. The highest BCUT2D eigenvalue weighted by Gasteiger charge is 2.58. The summed E-state index contributed by atoms with van der Waals surface area (Å²) in [4.78, 5) is 3.73. The Hall–Kier alpha value is -0.780. The van der Waals surface area contributed by atoms with Crippen LogP contribution in [0.3, 0.4) is 0 Å². The van der Waals surface area contributed by atoms with Gasteiger partial charge in [0.05, 0.1) is 12.1 Å². The lowest BCUT2D eigenvalue weighted by Crippen LogP contribution is -2.60. The van der Waals surface area contributed by atoms with E-state index < -0.39 is 23.7 Å². The van der Waals surface area contributed by atoms with Crippen molar-refractivity contribution in [1.29, 1.82) is 0 Å². The van der Waals surface area contributed by atoms with E-state index in [1.54, 1.807) is 13.8 Å². The minimum Gasteiger partial charge on any atom is -0.385 e. The van der Waals surface area contributed by atoms with E-state index in [1.807, 2.05) is 0 Å².